The first kappa shape index (κ1) is 23.9. The van der Waals surface area contributed by atoms with Crippen LogP contribution in [0.25, 0.3) is 11.6 Å². The Hall–Kier alpha value is -3.87. The SMILES string of the molecule is Cc1ccc(C2=Cc3c(ncnc3N3CCN(C(=O)Nc4ccc(OC(C)(C)C)cc4)CC3)C2)cc1. The van der Waals surface area contributed by atoms with Crippen LogP contribution < -0.4 is 15.0 Å². The quantitative estimate of drug-likeness (QED) is 0.537. The summed E-state index contributed by atoms with van der Waals surface area (Å²) in [6, 6.07) is 16.0. The predicted octanol–water partition coefficient (Wildman–Crippen LogP) is 5.41. The molecule has 0 unspecified atom stereocenters. The summed E-state index contributed by atoms with van der Waals surface area (Å²) in [6.07, 6.45) is 4.70. The highest BCUT2D eigenvalue weighted by atomic mass is 16.5. The Balaban J connectivity index is 1.21. The lowest BCUT2D eigenvalue weighted by molar-refractivity contribution is 0.131. The zero-order chi connectivity index (χ0) is 25.3. The Morgan fingerprint density at radius 3 is 2.31 bits per heavy atom. The second kappa shape index (κ2) is 9.64. The number of benzene rings is 2. The zero-order valence-electron chi connectivity index (χ0n) is 21.4. The number of nitrogens with one attached hydrogen (secondary N) is 1. The van der Waals surface area contributed by atoms with Gasteiger partial charge in [-0.3, -0.25) is 0 Å². The number of urea groups is 1. The molecule has 2 aromatic carbocycles. The molecule has 36 heavy (non-hydrogen) atoms. The standard InChI is InChI=1S/C29H33N5O2/c1-20-5-7-21(8-6-20)22-17-25-26(18-22)30-19-31-27(25)33-13-15-34(16-14-33)28(35)32-23-9-11-24(12-10-23)36-29(2,3)4/h5-12,17,19H,13-16,18H2,1-4H3,(H,32,35). The molecule has 0 saturated carbocycles. The van der Waals surface area contributed by atoms with E-state index < -0.39 is 0 Å². The van der Waals surface area contributed by atoms with Crippen LogP contribution in [0.1, 0.15) is 43.2 Å². The Morgan fingerprint density at radius 1 is 0.944 bits per heavy atom. The summed E-state index contributed by atoms with van der Waals surface area (Å²) >= 11 is 0. The molecule has 1 aromatic heterocycles. The molecule has 5 rings (SSSR count). The third-order valence-electron chi connectivity index (χ3n) is 6.44. The van der Waals surface area contributed by atoms with Crippen LogP contribution in [0, 0.1) is 6.92 Å². The van der Waals surface area contributed by atoms with Crippen molar-refractivity contribution in [1.82, 2.24) is 14.9 Å². The van der Waals surface area contributed by atoms with Crippen LogP contribution in [0.4, 0.5) is 16.3 Å². The third kappa shape index (κ3) is 5.35. The van der Waals surface area contributed by atoms with Gasteiger partial charge in [0.25, 0.3) is 0 Å². The van der Waals surface area contributed by atoms with E-state index in [0.717, 1.165) is 48.0 Å². The highest BCUT2D eigenvalue weighted by molar-refractivity contribution is 5.91. The first-order valence-electron chi connectivity index (χ1n) is 12.5. The highest BCUT2D eigenvalue weighted by Gasteiger charge is 2.26. The van der Waals surface area contributed by atoms with E-state index in [-0.39, 0.29) is 11.6 Å². The van der Waals surface area contributed by atoms with Crippen molar-refractivity contribution in [3.8, 4) is 5.75 Å². The van der Waals surface area contributed by atoms with Crippen molar-refractivity contribution in [2.45, 2.75) is 39.7 Å². The maximum atomic E-state index is 12.9. The molecule has 2 heterocycles. The monoisotopic (exact) mass is 483 g/mol. The predicted molar refractivity (Wildman–Crippen MR) is 144 cm³/mol. The number of aryl methyl sites for hydroxylation is 1. The fraction of sp³-hybridized carbons (Fsp3) is 0.345. The van der Waals surface area contributed by atoms with Crippen LogP contribution in [0.3, 0.4) is 0 Å². The van der Waals surface area contributed by atoms with Crippen molar-refractivity contribution < 1.29 is 9.53 Å². The molecule has 2 amide bonds. The van der Waals surface area contributed by atoms with Crippen molar-refractivity contribution in [2.75, 3.05) is 36.4 Å². The number of hydrogen-bond acceptors (Lipinski definition) is 5. The molecule has 1 saturated heterocycles. The molecule has 1 fully saturated rings. The van der Waals surface area contributed by atoms with Gasteiger partial charge in [0.05, 0.1) is 5.69 Å². The fourth-order valence-corrected chi connectivity index (χ4v) is 4.60. The number of anilines is 2. The molecule has 3 aromatic rings. The lowest BCUT2D eigenvalue weighted by atomic mass is 10.0. The molecule has 0 atom stereocenters. The number of ether oxygens (including phenoxy) is 1. The van der Waals surface area contributed by atoms with E-state index in [1.54, 1.807) is 6.33 Å². The lowest BCUT2D eigenvalue weighted by Gasteiger charge is -2.36. The maximum absolute atomic E-state index is 12.9. The molecule has 1 aliphatic heterocycles. The smallest absolute Gasteiger partial charge is 0.321 e. The van der Waals surface area contributed by atoms with Crippen molar-refractivity contribution in [3.63, 3.8) is 0 Å². The molecule has 0 bridgehead atoms. The molecule has 7 heteroatoms. The Bertz CT molecular complexity index is 1270. The summed E-state index contributed by atoms with van der Waals surface area (Å²) in [4.78, 5) is 26.2. The minimum Gasteiger partial charge on any atom is -0.488 e. The molecule has 1 aliphatic carbocycles. The van der Waals surface area contributed by atoms with Gasteiger partial charge in [-0.1, -0.05) is 29.8 Å². The van der Waals surface area contributed by atoms with Gasteiger partial charge in [-0.05, 0) is 69.2 Å². The van der Waals surface area contributed by atoms with Crippen molar-refractivity contribution in [2.24, 2.45) is 0 Å². The summed E-state index contributed by atoms with van der Waals surface area (Å²) in [6.45, 7) is 10.8. The summed E-state index contributed by atoms with van der Waals surface area (Å²) in [5.41, 5.74) is 6.41. The largest absolute Gasteiger partial charge is 0.488 e. The Kier molecular flexibility index (Phi) is 6.39. The van der Waals surface area contributed by atoms with E-state index >= 15 is 0 Å². The minimum atomic E-state index is -0.258. The van der Waals surface area contributed by atoms with Gasteiger partial charge in [0.2, 0.25) is 0 Å². The van der Waals surface area contributed by atoms with Crippen LogP contribution in [0.2, 0.25) is 0 Å². The van der Waals surface area contributed by atoms with E-state index in [4.69, 9.17) is 4.74 Å². The van der Waals surface area contributed by atoms with E-state index in [1.165, 1.54) is 16.7 Å². The molecule has 2 aliphatic rings. The molecule has 186 valence electrons. The summed E-state index contributed by atoms with van der Waals surface area (Å²) in [5, 5.41) is 3.00. The number of carbonyl (C=O) groups excluding carboxylic acids is 1. The number of amides is 2. The first-order chi connectivity index (χ1) is 17.2. The maximum Gasteiger partial charge on any atom is 0.321 e. The van der Waals surface area contributed by atoms with E-state index in [1.807, 2.05) is 49.9 Å². The van der Waals surface area contributed by atoms with Crippen LogP contribution in [0.5, 0.6) is 5.75 Å². The Labute approximate surface area is 212 Å². The van der Waals surface area contributed by atoms with Crippen LogP contribution in [0.15, 0.2) is 54.9 Å². The molecule has 0 spiro atoms. The van der Waals surface area contributed by atoms with E-state index in [0.29, 0.717) is 13.1 Å². The molecular formula is C29H33N5O2. The average Bonchev–Trinajstić information content (AvgIpc) is 3.29. The van der Waals surface area contributed by atoms with Crippen LogP contribution in [-0.2, 0) is 6.42 Å². The van der Waals surface area contributed by atoms with Crippen molar-refractivity contribution in [1.29, 1.82) is 0 Å². The number of hydrogen-bond donors (Lipinski definition) is 1. The normalized spacial score (nSPS) is 15.4. The van der Waals surface area contributed by atoms with Gasteiger partial charge >= 0.3 is 6.03 Å². The molecule has 1 N–H and O–H groups in total. The minimum absolute atomic E-state index is 0.0893. The lowest BCUT2D eigenvalue weighted by Crippen LogP contribution is -2.50. The van der Waals surface area contributed by atoms with Crippen molar-refractivity contribution in [3.05, 3.63) is 77.2 Å². The number of aromatic nitrogens is 2. The fourth-order valence-electron chi connectivity index (χ4n) is 4.60. The summed E-state index contributed by atoms with van der Waals surface area (Å²) < 4.78 is 5.86. The number of fused-ring (bicyclic) bond motifs is 1. The summed E-state index contributed by atoms with van der Waals surface area (Å²) in [7, 11) is 0. The topological polar surface area (TPSA) is 70.6 Å². The number of piperazine rings is 1. The van der Waals surface area contributed by atoms with Gasteiger partial charge in [0.15, 0.2) is 0 Å². The molecule has 7 nitrogen and oxygen atoms in total. The highest BCUT2D eigenvalue weighted by Crippen LogP contribution is 2.35. The summed E-state index contributed by atoms with van der Waals surface area (Å²) in [5.74, 6) is 1.74. The van der Waals surface area contributed by atoms with Gasteiger partial charge in [0.1, 0.15) is 23.5 Å². The van der Waals surface area contributed by atoms with Gasteiger partial charge in [-0.2, -0.15) is 0 Å². The first-order valence-corrected chi connectivity index (χ1v) is 12.5. The van der Waals surface area contributed by atoms with Gasteiger partial charge < -0.3 is 19.9 Å². The van der Waals surface area contributed by atoms with Gasteiger partial charge in [-0.25, -0.2) is 14.8 Å². The van der Waals surface area contributed by atoms with Gasteiger partial charge in [0, 0.05) is 43.9 Å². The number of rotatable bonds is 4. The number of nitrogens with zero attached hydrogens (tertiary/aromatic N) is 4. The van der Waals surface area contributed by atoms with Gasteiger partial charge in [-0.15, -0.1) is 0 Å². The second-order valence-corrected chi connectivity index (χ2v) is 10.4. The third-order valence-corrected chi connectivity index (χ3v) is 6.44. The Morgan fingerprint density at radius 2 is 1.64 bits per heavy atom. The van der Waals surface area contributed by atoms with Crippen LogP contribution >= 0.6 is 0 Å². The van der Waals surface area contributed by atoms with Crippen LogP contribution in [-0.4, -0.2) is 52.7 Å². The van der Waals surface area contributed by atoms with E-state index in [9.17, 15) is 4.79 Å². The number of allylic oxidation sites excluding steroid dienone is 1. The van der Waals surface area contributed by atoms with E-state index in [2.05, 4.69) is 57.4 Å². The number of carbonyl (C=O) groups is 1. The zero-order valence-corrected chi connectivity index (χ0v) is 21.4. The average molecular weight is 484 g/mol. The molecule has 0 radical (unpaired) electrons. The second-order valence-electron chi connectivity index (χ2n) is 10.4. The molecular weight excluding hydrogens is 450 g/mol. The van der Waals surface area contributed by atoms with Crippen molar-refractivity contribution >= 4 is 29.2 Å².